The predicted octanol–water partition coefficient (Wildman–Crippen LogP) is 1.13. The zero-order valence-corrected chi connectivity index (χ0v) is 13.8. The molecule has 0 aromatic carbocycles. The van der Waals surface area contributed by atoms with Crippen LogP contribution in [0.15, 0.2) is 4.99 Å². The van der Waals surface area contributed by atoms with Crippen molar-refractivity contribution in [1.29, 1.82) is 0 Å². The highest BCUT2D eigenvalue weighted by Gasteiger charge is 2.33. The Labute approximate surface area is 127 Å². The van der Waals surface area contributed by atoms with Crippen LogP contribution in [0.3, 0.4) is 0 Å². The second-order valence-electron chi connectivity index (χ2n) is 6.13. The van der Waals surface area contributed by atoms with E-state index in [0.29, 0.717) is 6.54 Å². The Hall–Kier alpha value is -1.56. The highest BCUT2D eigenvalue weighted by atomic mass is 16.5. The number of aromatic nitrogens is 2. The Morgan fingerprint density at radius 1 is 1.38 bits per heavy atom. The maximum absolute atomic E-state index is 5.28. The van der Waals surface area contributed by atoms with Gasteiger partial charge in [0.15, 0.2) is 5.96 Å². The minimum absolute atomic E-state index is 0.232. The molecule has 6 nitrogen and oxygen atoms in total. The molecule has 0 saturated carbocycles. The van der Waals surface area contributed by atoms with Gasteiger partial charge in [-0.2, -0.15) is 5.10 Å². The smallest absolute Gasteiger partial charge is 0.191 e. The van der Waals surface area contributed by atoms with Gasteiger partial charge >= 0.3 is 0 Å². The number of rotatable bonds is 5. The average molecular weight is 293 g/mol. The molecule has 2 heterocycles. The maximum atomic E-state index is 5.28. The molecule has 118 valence electrons. The van der Waals surface area contributed by atoms with Crippen LogP contribution in [0.5, 0.6) is 0 Å². The number of guanidine groups is 1. The number of hydrogen-bond acceptors (Lipinski definition) is 3. The zero-order chi connectivity index (χ0) is 15.5. The summed E-state index contributed by atoms with van der Waals surface area (Å²) in [5, 5.41) is 11.1. The Morgan fingerprint density at radius 2 is 2.10 bits per heavy atom. The van der Waals surface area contributed by atoms with Crippen LogP contribution in [0.2, 0.25) is 0 Å². The number of nitrogens with one attached hydrogen (secondary N) is 2. The Kier molecular flexibility index (Phi) is 4.88. The van der Waals surface area contributed by atoms with Gasteiger partial charge in [0, 0.05) is 36.8 Å². The summed E-state index contributed by atoms with van der Waals surface area (Å²) in [6, 6.07) is 0. The molecule has 1 fully saturated rings. The van der Waals surface area contributed by atoms with Crippen molar-refractivity contribution in [2.75, 3.05) is 26.3 Å². The van der Waals surface area contributed by atoms with Gasteiger partial charge in [-0.3, -0.25) is 4.68 Å². The number of hydrogen-bond donors (Lipinski definition) is 2. The van der Waals surface area contributed by atoms with Crippen LogP contribution in [0.1, 0.15) is 30.8 Å². The standard InChI is InChI=1S/C15H27N5O/c1-6-16-14(18-8-15(4)9-21-10-15)17-7-13-11(2)19-20(5)12(13)3/h6-10H2,1-5H3,(H2,16,17,18). The first-order chi connectivity index (χ1) is 9.95. The fourth-order valence-electron chi connectivity index (χ4n) is 2.40. The SMILES string of the molecule is CCNC(=NCc1c(C)nn(C)c1C)NCC1(C)COC1. The molecule has 0 unspecified atom stereocenters. The van der Waals surface area contributed by atoms with E-state index in [1.165, 1.54) is 11.3 Å². The largest absolute Gasteiger partial charge is 0.380 e. The van der Waals surface area contributed by atoms with E-state index in [-0.39, 0.29) is 5.41 Å². The average Bonchev–Trinajstić information content (AvgIpc) is 2.65. The summed E-state index contributed by atoms with van der Waals surface area (Å²) in [5.74, 6) is 0.855. The van der Waals surface area contributed by atoms with Gasteiger partial charge in [-0.25, -0.2) is 4.99 Å². The van der Waals surface area contributed by atoms with Gasteiger partial charge in [0.25, 0.3) is 0 Å². The van der Waals surface area contributed by atoms with Gasteiger partial charge in [-0.1, -0.05) is 6.92 Å². The van der Waals surface area contributed by atoms with Gasteiger partial charge in [-0.05, 0) is 20.8 Å². The highest BCUT2D eigenvalue weighted by molar-refractivity contribution is 5.79. The molecule has 0 atom stereocenters. The van der Waals surface area contributed by atoms with E-state index >= 15 is 0 Å². The van der Waals surface area contributed by atoms with Crippen LogP contribution < -0.4 is 10.6 Å². The normalized spacial score (nSPS) is 17.5. The third kappa shape index (κ3) is 3.75. The van der Waals surface area contributed by atoms with Crippen molar-refractivity contribution in [2.45, 2.75) is 34.2 Å². The molecule has 0 radical (unpaired) electrons. The van der Waals surface area contributed by atoms with Crippen LogP contribution >= 0.6 is 0 Å². The Morgan fingerprint density at radius 3 is 2.57 bits per heavy atom. The van der Waals surface area contributed by atoms with Crippen molar-refractivity contribution < 1.29 is 4.74 Å². The summed E-state index contributed by atoms with van der Waals surface area (Å²) in [6.45, 7) is 12.4. The molecule has 2 rings (SSSR count). The van der Waals surface area contributed by atoms with Crippen molar-refractivity contribution in [1.82, 2.24) is 20.4 Å². The predicted molar refractivity (Wildman–Crippen MR) is 84.4 cm³/mol. The van der Waals surface area contributed by atoms with E-state index in [4.69, 9.17) is 4.74 Å². The fourth-order valence-corrected chi connectivity index (χ4v) is 2.40. The Bertz CT molecular complexity index is 516. The lowest BCUT2D eigenvalue weighted by molar-refractivity contribution is -0.0971. The highest BCUT2D eigenvalue weighted by Crippen LogP contribution is 2.24. The molecule has 0 bridgehead atoms. The van der Waals surface area contributed by atoms with Gasteiger partial charge in [0.1, 0.15) is 0 Å². The Balaban J connectivity index is 1.99. The first kappa shape index (κ1) is 15.8. The van der Waals surface area contributed by atoms with E-state index in [9.17, 15) is 0 Å². The molecule has 0 amide bonds. The lowest BCUT2D eigenvalue weighted by atomic mass is 9.89. The number of nitrogens with zero attached hydrogens (tertiary/aromatic N) is 3. The topological polar surface area (TPSA) is 63.5 Å². The maximum Gasteiger partial charge on any atom is 0.191 e. The van der Waals surface area contributed by atoms with Crippen LogP contribution in [0.25, 0.3) is 0 Å². The third-order valence-corrected chi connectivity index (χ3v) is 3.98. The minimum Gasteiger partial charge on any atom is -0.380 e. The number of ether oxygens (including phenoxy) is 1. The molecule has 1 aromatic rings. The van der Waals surface area contributed by atoms with Gasteiger partial charge < -0.3 is 15.4 Å². The summed E-state index contributed by atoms with van der Waals surface area (Å²) in [5.41, 5.74) is 3.66. The summed E-state index contributed by atoms with van der Waals surface area (Å²) >= 11 is 0. The molecule has 1 aliphatic rings. The van der Waals surface area contributed by atoms with E-state index < -0.39 is 0 Å². The van der Waals surface area contributed by atoms with Crippen LogP contribution in [-0.2, 0) is 18.3 Å². The minimum atomic E-state index is 0.232. The van der Waals surface area contributed by atoms with E-state index in [2.05, 4.69) is 41.5 Å². The third-order valence-electron chi connectivity index (χ3n) is 3.98. The number of aryl methyl sites for hydroxylation is 2. The molecule has 6 heteroatoms. The lowest BCUT2D eigenvalue weighted by Gasteiger charge is -2.38. The number of aliphatic imine (C=N–C) groups is 1. The first-order valence-electron chi connectivity index (χ1n) is 7.54. The summed E-state index contributed by atoms with van der Waals surface area (Å²) in [4.78, 5) is 4.68. The molecule has 1 aromatic heterocycles. The van der Waals surface area contributed by atoms with Gasteiger partial charge in [0.05, 0.1) is 25.5 Å². The second-order valence-corrected chi connectivity index (χ2v) is 6.13. The molecule has 0 aliphatic carbocycles. The molecular formula is C15H27N5O. The first-order valence-corrected chi connectivity index (χ1v) is 7.54. The monoisotopic (exact) mass is 293 g/mol. The summed E-state index contributed by atoms with van der Waals surface area (Å²) in [7, 11) is 1.97. The molecule has 21 heavy (non-hydrogen) atoms. The van der Waals surface area contributed by atoms with Crippen molar-refractivity contribution in [3.8, 4) is 0 Å². The quantitative estimate of drug-likeness (QED) is 0.631. The second kappa shape index (κ2) is 6.47. The lowest BCUT2D eigenvalue weighted by Crippen LogP contribution is -2.51. The van der Waals surface area contributed by atoms with Crippen molar-refractivity contribution >= 4 is 5.96 Å². The molecule has 1 aliphatic heterocycles. The van der Waals surface area contributed by atoms with Crippen LogP contribution in [0, 0.1) is 19.3 Å². The van der Waals surface area contributed by atoms with E-state index in [1.807, 2.05) is 18.7 Å². The van der Waals surface area contributed by atoms with Gasteiger partial charge in [-0.15, -0.1) is 0 Å². The van der Waals surface area contributed by atoms with Crippen molar-refractivity contribution in [3.05, 3.63) is 17.0 Å². The van der Waals surface area contributed by atoms with Crippen LogP contribution in [0.4, 0.5) is 0 Å². The summed E-state index contributed by atoms with van der Waals surface area (Å²) in [6.07, 6.45) is 0. The van der Waals surface area contributed by atoms with Crippen LogP contribution in [-0.4, -0.2) is 42.0 Å². The molecule has 0 spiro atoms. The summed E-state index contributed by atoms with van der Waals surface area (Å²) < 4.78 is 7.19. The molecule has 1 saturated heterocycles. The van der Waals surface area contributed by atoms with Crippen molar-refractivity contribution in [3.63, 3.8) is 0 Å². The molecular weight excluding hydrogens is 266 g/mol. The zero-order valence-electron chi connectivity index (χ0n) is 13.8. The van der Waals surface area contributed by atoms with Crippen molar-refractivity contribution in [2.24, 2.45) is 17.5 Å². The van der Waals surface area contributed by atoms with E-state index in [1.54, 1.807) is 0 Å². The fraction of sp³-hybridized carbons (Fsp3) is 0.733. The van der Waals surface area contributed by atoms with E-state index in [0.717, 1.165) is 38.0 Å². The van der Waals surface area contributed by atoms with Gasteiger partial charge in [0.2, 0.25) is 0 Å². The molecule has 2 N–H and O–H groups in total.